The second kappa shape index (κ2) is 7.51. The summed E-state index contributed by atoms with van der Waals surface area (Å²) in [6, 6.07) is 10.7. The third-order valence-corrected chi connectivity index (χ3v) is 5.75. The van der Waals surface area contributed by atoms with Gasteiger partial charge in [-0.05, 0) is 19.1 Å². The predicted octanol–water partition coefficient (Wildman–Crippen LogP) is 5.55. The molecular weight excluding hydrogens is 433 g/mol. The summed E-state index contributed by atoms with van der Waals surface area (Å²) in [6.45, 7) is 1.65. The van der Waals surface area contributed by atoms with Crippen molar-refractivity contribution in [3.63, 3.8) is 0 Å². The number of benzene rings is 2. The number of nitro groups is 1. The minimum absolute atomic E-state index is 0.0750. The van der Waals surface area contributed by atoms with E-state index in [4.69, 9.17) is 0 Å². The third kappa shape index (κ3) is 3.87. The summed E-state index contributed by atoms with van der Waals surface area (Å²) in [5, 5.41) is 13.3. The lowest BCUT2D eigenvalue weighted by molar-refractivity contribution is -0.384. The molecule has 1 N–H and O–H groups in total. The first-order chi connectivity index (χ1) is 14.6. The van der Waals surface area contributed by atoms with Gasteiger partial charge in [-0.2, -0.15) is 13.2 Å². The molecule has 11 heteroatoms. The van der Waals surface area contributed by atoms with Gasteiger partial charge in [0.05, 0.1) is 21.9 Å². The first kappa shape index (κ1) is 20.5. The van der Waals surface area contributed by atoms with Gasteiger partial charge in [0.2, 0.25) is 0 Å². The summed E-state index contributed by atoms with van der Waals surface area (Å²) < 4.78 is 41.2. The predicted molar refractivity (Wildman–Crippen MR) is 109 cm³/mol. The number of alkyl halides is 3. The number of rotatable bonds is 4. The summed E-state index contributed by atoms with van der Waals surface area (Å²) in [5.74, 6) is -0.679. The normalized spacial score (nSPS) is 11.6. The monoisotopic (exact) mass is 446 g/mol. The molecule has 158 valence electrons. The van der Waals surface area contributed by atoms with Crippen LogP contribution in [0.25, 0.3) is 16.2 Å². The van der Waals surface area contributed by atoms with E-state index >= 15 is 0 Å². The largest absolute Gasteiger partial charge is 0.418 e. The van der Waals surface area contributed by atoms with E-state index < -0.39 is 22.6 Å². The van der Waals surface area contributed by atoms with Crippen molar-refractivity contribution in [1.29, 1.82) is 0 Å². The molecule has 0 aliphatic carbocycles. The summed E-state index contributed by atoms with van der Waals surface area (Å²) in [7, 11) is 0. The van der Waals surface area contributed by atoms with Gasteiger partial charge in [-0.3, -0.25) is 19.3 Å². The first-order valence-corrected chi connectivity index (χ1v) is 9.67. The number of nitrogens with one attached hydrogen (secondary N) is 1. The van der Waals surface area contributed by atoms with Crippen LogP contribution in [0.3, 0.4) is 0 Å². The Hall–Kier alpha value is -3.73. The molecule has 0 fully saturated rings. The minimum atomic E-state index is -4.60. The molecule has 31 heavy (non-hydrogen) atoms. The molecule has 2 heterocycles. The van der Waals surface area contributed by atoms with Gasteiger partial charge in [-0.15, -0.1) is 0 Å². The fourth-order valence-corrected chi connectivity index (χ4v) is 4.10. The molecule has 2 aromatic carbocycles. The maximum absolute atomic E-state index is 13.2. The van der Waals surface area contributed by atoms with E-state index in [2.05, 4.69) is 10.3 Å². The van der Waals surface area contributed by atoms with Gasteiger partial charge < -0.3 is 5.32 Å². The van der Waals surface area contributed by atoms with Crippen LogP contribution in [0, 0.1) is 17.0 Å². The molecule has 1 amide bonds. The van der Waals surface area contributed by atoms with Crippen LogP contribution in [0.15, 0.2) is 54.7 Å². The summed E-state index contributed by atoms with van der Waals surface area (Å²) >= 11 is 1.02. The Morgan fingerprint density at radius 1 is 1.19 bits per heavy atom. The molecule has 0 aliphatic rings. The van der Waals surface area contributed by atoms with Crippen molar-refractivity contribution in [2.75, 3.05) is 5.32 Å². The molecule has 0 radical (unpaired) electrons. The van der Waals surface area contributed by atoms with Crippen LogP contribution in [0.2, 0.25) is 0 Å². The molecule has 0 atom stereocenters. The van der Waals surface area contributed by atoms with Crippen molar-refractivity contribution in [3.8, 4) is 11.3 Å². The van der Waals surface area contributed by atoms with E-state index in [1.165, 1.54) is 30.3 Å². The van der Waals surface area contributed by atoms with Crippen LogP contribution in [0.4, 0.5) is 24.5 Å². The SMILES string of the molecule is Cc1c(C(=O)Nc2ccccc2C(F)(F)F)sc2nc(-c3cccc([N+](=O)[O-])c3)cn12. The molecule has 0 spiro atoms. The smallest absolute Gasteiger partial charge is 0.321 e. The van der Waals surface area contributed by atoms with E-state index in [1.807, 2.05) is 0 Å². The molecule has 4 rings (SSSR count). The lowest BCUT2D eigenvalue weighted by Crippen LogP contribution is -2.16. The quantitative estimate of drug-likeness (QED) is 0.329. The van der Waals surface area contributed by atoms with Crippen molar-refractivity contribution in [3.05, 3.63) is 81.0 Å². The number of nitro benzene ring substituents is 1. The number of fused-ring (bicyclic) bond motifs is 1. The molecule has 0 aliphatic heterocycles. The van der Waals surface area contributed by atoms with Gasteiger partial charge in [0.25, 0.3) is 11.6 Å². The highest BCUT2D eigenvalue weighted by atomic mass is 32.1. The van der Waals surface area contributed by atoms with Crippen molar-refractivity contribution >= 4 is 33.6 Å². The lowest BCUT2D eigenvalue weighted by atomic mass is 10.1. The van der Waals surface area contributed by atoms with Gasteiger partial charge in [0, 0.05) is 29.6 Å². The van der Waals surface area contributed by atoms with Crippen molar-refractivity contribution in [2.24, 2.45) is 0 Å². The van der Waals surface area contributed by atoms with Crippen LogP contribution < -0.4 is 5.32 Å². The maximum atomic E-state index is 13.2. The number of non-ortho nitro benzene ring substituents is 1. The average molecular weight is 446 g/mol. The number of nitrogens with zero attached hydrogens (tertiary/aromatic N) is 3. The number of carbonyl (C=O) groups is 1. The van der Waals surface area contributed by atoms with Crippen LogP contribution >= 0.6 is 11.3 Å². The number of carbonyl (C=O) groups excluding carboxylic acids is 1. The summed E-state index contributed by atoms with van der Waals surface area (Å²) in [4.78, 5) is 28.2. The molecule has 0 bridgehead atoms. The minimum Gasteiger partial charge on any atom is -0.321 e. The summed E-state index contributed by atoms with van der Waals surface area (Å²) in [5.41, 5.74) is 0.167. The Labute approximate surface area is 176 Å². The van der Waals surface area contributed by atoms with Gasteiger partial charge in [-0.25, -0.2) is 4.98 Å². The van der Waals surface area contributed by atoms with E-state index in [1.54, 1.807) is 29.7 Å². The highest BCUT2D eigenvalue weighted by Crippen LogP contribution is 2.35. The number of para-hydroxylation sites is 1. The van der Waals surface area contributed by atoms with E-state index in [-0.39, 0.29) is 16.3 Å². The third-order valence-electron chi connectivity index (χ3n) is 4.60. The lowest BCUT2D eigenvalue weighted by Gasteiger charge is -2.13. The Morgan fingerprint density at radius 2 is 1.94 bits per heavy atom. The second-order valence-electron chi connectivity index (χ2n) is 6.60. The van der Waals surface area contributed by atoms with Crippen LogP contribution in [0.5, 0.6) is 0 Å². The molecule has 0 saturated carbocycles. The zero-order valence-corrected chi connectivity index (χ0v) is 16.6. The van der Waals surface area contributed by atoms with Crippen molar-refractivity contribution < 1.29 is 22.9 Å². The number of halogens is 3. The Kier molecular flexibility index (Phi) is 4.97. The Bertz CT molecular complexity index is 1330. The zero-order chi connectivity index (χ0) is 22.3. The molecule has 0 saturated heterocycles. The number of thiazole rings is 1. The Balaban J connectivity index is 1.66. The molecule has 7 nitrogen and oxygen atoms in total. The standard InChI is InChI=1S/C20H13F3N4O3S/c1-11-17(18(28)24-15-8-3-2-7-14(15)20(21,22)23)31-19-25-16(10-26(11)19)12-5-4-6-13(9-12)27(29)30/h2-10H,1H3,(H,24,28). The van der Waals surface area contributed by atoms with E-state index in [0.29, 0.717) is 21.9 Å². The second-order valence-corrected chi connectivity index (χ2v) is 7.58. The van der Waals surface area contributed by atoms with Gasteiger partial charge in [-0.1, -0.05) is 35.6 Å². The van der Waals surface area contributed by atoms with E-state index in [9.17, 15) is 28.1 Å². The van der Waals surface area contributed by atoms with Crippen LogP contribution in [-0.4, -0.2) is 20.2 Å². The van der Waals surface area contributed by atoms with Gasteiger partial charge >= 0.3 is 6.18 Å². The van der Waals surface area contributed by atoms with Crippen LogP contribution in [-0.2, 0) is 6.18 Å². The number of imidazole rings is 1. The summed E-state index contributed by atoms with van der Waals surface area (Å²) in [6.07, 6.45) is -2.98. The highest BCUT2D eigenvalue weighted by molar-refractivity contribution is 7.19. The number of hydrogen-bond donors (Lipinski definition) is 1. The topological polar surface area (TPSA) is 89.5 Å². The number of amides is 1. The first-order valence-electron chi connectivity index (χ1n) is 8.86. The number of aryl methyl sites for hydroxylation is 1. The average Bonchev–Trinajstić information content (AvgIpc) is 3.27. The number of anilines is 1. The maximum Gasteiger partial charge on any atom is 0.418 e. The molecular formula is C20H13F3N4O3S. The highest BCUT2D eigenvalue weighted by Gasteiger charge is 2.34. The van der Waals surface area contributed by atoms with Gasteiger partial charge in [0.1, 0.15) is 4.88 Å². The van der Waals surface area contributed by atoms with Gasteiger partial charge in [0.15, 0.2) is 4.96 Å². The molecule has 0 unspecified atom stereocenters. The molecule has 2 aromatic heterocycles. The Morgan fingerprint density at radius 3 is 2.61 bits per heavy atom. The molecule has 4 aromatic rings. The van der Waals surface area contributed by atoms with Crippen LogP contribution in [0.1, 0.15) is 20.9 Å². The van der Waals surface area contributed by atoms with Crippen molar-refractivity contribution in [1.82, 2.24) is 9.38 Å². The van der Waals surface area contributed by atoms with Crippen molar-refractivity contribution in [2.45, 2.75) is 13.1 Å². The van der Waals surface area contributed by atoms with E-state index in [0.717, 1.165) is 17.4 Å². The zero-order valence-electron chi connectivity index (χ0n) is 15.8. The fourth-order valence-electron chi connectivity index (χ4n) is 3.10. The fraction of sp³-hybridized carbons (Fsp3) is 0.100. The number of aromatic nitrogens is 2. The number of hydrogen-bond acceptors (Lipinski definition) is 5.